The molecule has 0 atom stereocenters. The number of benzene rings is 2. The minimum absolute atomic E-state index is 0.179. The van der Waals surface area contributed by atoms with Crippen LogP contribution in [-0.4, -0.2) is 27.9 Å². The normalized spacial score (nSPS) is 11.6. The van der Waals surface area contributed by atoms with Crippen molar-refractivity contribution in [3.05, 3.63) is 70.8 Å². The van der Waals surface area contributed by atoms with Gasteiger partial charge in [0.25, 0.3) is 0 Å². The average molecular weight is 379 g/mol. The van der Waals surface area contributed by atoms with Gasteiger partial charge < -0.3 is 5.32 Å². The van der Waals surface area contributed by atoms with Gasteiger partial charge in [-0.25, -0.2) is 13.1 Å². The van der Waals surface area contributed by atoms with Crippen LogP contribution in [-0.2, 0) is 21.2 Å². The van der Waals surface area contributed by atoms with Crippen LogP contribution >= 0.6 is 11.6 Å². The molecule has 0 saturated heterocycles. The van der Waals surface area contributed by atoms with Crippen LogP contribution < -0.4 is 10.0 Å². The Morgan fingerprint density at radius 2 is 1.88 bits per heavy atom. The van der Waals surface area contributed by atoms with Gasteiger partial charge in [0, 0.05) is 17.6 Å². The smallest absolute Gasteiger partial charge is 0.244 e. The maximum atomic E-state index is 11.8. The molecule has 25 heavy (non-hydrogen) atoms. The first-order valence-electron chi connectivity index (χ1n) is 7.65. The van der Waals surface area contributed by atoms with Crippen molar-refractivity contribution in [2.45, 2.75) is 11.3 Å². The van der Waals surface area contributed by atoms with E-state index in [1.165, 1.54) is 25.3 Å². The number of sulfonamides is 1. The molecule has 0 spiro atoms. The number of rotatable bonds is 7. The van der Waals surface area contributed by atoms with Gasteiger partial charge >= 0.3 is 0 Å². The van der Waals surface area contributed by atoms with E-state index in [0.29, 0.717) is 18.0 Å². The van der Waals surface area contributed by atoms with Crippen LogP contribution in [0, 0.1) is 0 Å². The second-order valence-electron chi connectivity index (χ2n) is 5.28. The van der Waals surface area contributed by atoms with Gasteiger partial charge in [-0.3, -0.25) is 4.79 Å². The number of amides is 1. The molecule has 2 aromatic carbocycles. The van der Waals surface area contributed by atoms with Crippen LogP contribution in [0.5, 0.6) is 0 Å². The molecule has 0 aliphatic rings. The first-order chi connectivity index (χ1) is 11.9. The second-order valence-corrected chi connectivity index (χ2v) is 7.60. The lowest BCUT2D eigenvalue weighted by atomic mass is 10.1. The number of hydrogen-bond acceptors (Lipinski definition) is 3. The van der Waals surface area contributed by atoms with Crippen LogP contribution in [0.3, 0.4) is 0 Å². The highest BCUT2D eigenvalue weighted by atomic mass is 35.5. The molecule has 0 heterocycles. The lowest BCUT2D eigenvalue weighted by Crippen LogP contribution is -2.23. The summed E-state index contributed by atoms with van der Waals surface area (Å²) in [6.45, 7) is 0.503. The molecule has 0 aliphatic carbocycles. The first kappa shape index (κ1) is 19.2. The Morgan fingerprint density at radius 1 is 1.16 bits per heavy atom. The monoisotopic (exact) mass is 378 g/mol. The summed E-state index contributed by atoms with van der Waals surface area (Å²) in [5.41, 5.74) is 1.79. The molecule has 7 heteroatoms. The van der Waals surface area contributed by atoms with Gasteiger partial charge in [-0.05, 0) is 54.9 Å². The van der Waals surface area contributed by atoms with E-state index in [1.54, 1.807) is 24.3 Å². The van der Waals surface area contributed by atoms with Gasteiger partial charge in [-0.2, -0.15) is 0 Å². The zero-order valence-corrected chi connectivity index (χ0v) is 15.3. The molecule has 2 rings (SSSR count). The Labute approximate surface area is 152 Å². The van der Waals surface area contributed by atoms with Crippen LogP contribution in [0.25, 0.3) is 6.08 Å². The van der Waals surface area contributed by atoms with E-state index in [-0.39, 0.29) is 10.8 Å². The van der Waals surface area contributed by atoms with Crippen LogP contribution in [0.1, 0.15) is 11.1 Å². The summed E-state index contributed by atoms with van der Waals surface area (Å²) < 4.78 is 25.5. The van der Waals surface area contributed by atoms with E-state index >= 15 is 0 Å². The van der Waals surface area contributed by atoms with Crippen molar-refractivity contribution in [3.8, 4) is 0 Å². The summed E-state index contributed by atoms with van der Waals surface area (Å²) in [4.78, 5) is 12.0. The van der Waals surface area contributed by atoms with Gasteiger partial charge in [0.15, 0.2) is 0 Å². The molecule has 0 bridgehead atoms. The third kappa shape index (κ3) is 6.01. The quantitative estimate of drug-likeness (QED) is 0.727. The van der Waals surface area contributed by atoms with Gasteiger partial charge in [0.05, 0.1) is 4.90 Å². The maximum Gasteiger partial charge on any atom is 0.244 e. The molecule has 132 valence electrons. The second kappa shape index (κ2) is 8.80. The number of hydrogen-bond donors (Lipinski definition) is 2. The summed E-state index contributed by atoms with van der Waals surface area (Å²) in [5.74, 6) is -0.214. The van der Waals surface area contributed by atoms with Crippen molar-refractivity contribution < 1.29 is 13.2 Å². The van der Waals surface area contributed by atoms with Crippen molar-refractivity contribution in [3.63, 3.8) is 0 Å². The maximum absolute atomic E-state index is 11.8. The van der Waals surface area contributed by atoms with E-state index in [2.05, 4.69) is 10.0 Å². The summed E-state index contributed by atoms with van der Waals surface area (Å²) in [6.07, 6.45) is 3.74. The number of carbonyl (C=O) groups excluding carboxylic acids is 1. The Kier molecular flexibility index (Phi) is 6.75. The van der Waals surface area contributed by atoms with Gasteiger partial charge in [0.1, 0.15) is 0 Å². The zero-order chi connectivity index (χ0) is 18.3. The number of halogens is 1. The first-order valence-corrected chi connectivity index (χ1v) is 9.51. The van der Waals surface area contributed by atoms with Gasteiger partial charge in [0.2, 0.25) is 15.9 Å². The number of nitrogens with one attached hydrogen (secondary N) is 2. The van der Waals surface area contributed by atoms with Crippen molar-refractivity contribution in [1.29, 1.82) is 0 Å². The van der Waals surface area contributed by atoms with E-state index < -0.39 is 10.0 Å². The van der Waals surface area contributed by atoms with E-state index in [4.69, 9.17) is 11.6 Å². The zero-order valence-electron chi connectivity index (χ0n) is 13.7. The fourth-order valence-corrected chi connectivity index (χ4v) is 3.07. The van der Waals surface area contributed by atoms with Crippen molar-refractivity contribution in [2.75, 3.05) is 13.6 Å². The molecule has 0 saturated carbocycles. The molecule has 2 aromatic rings. The third-order valence-corrected chi connectivity index (χ3v) is 5.15. The molecule has 0 unspecified atom stereocenters. The van der Waals surface area contributed by atoms with Gasteiger partial charge in [-0.15, -0.1) is 0 Å². The minimum Gasteiger partial charge on any atom is -0.352 e. The predicted molar refractivity (Wildman–Crippen MR) is 99.9 cm³/mol. The summed E-state index contributed by atoms with van der Waals surface area (Å²) in [7, 11) is -2.09. The molecular formula is C18H19ClN2O3S. The standard InChI is InChI=1S/C18H19ClN2O3S/c1-20-25(23,24)17-8-5-14(6-9-17)7-10-18(22)21-12-11-15-3-2-4-16(19)13-15/h2-10,13,20H,11-12H2,1H3,(H,21,22)/b10-7+. The van der Waals surface area contributed by atoms with Crippen LogP contribution in [0.2, 0.25) is 5.02 Å². The van der Waals surface area contributed by atoms with Crippen molar-refractivity contribution in [1.82, 2.24) is 10.0 Å². The van der Waals surface area contributed by atoms with E-state index in [9.17, 15) is 13.2 Å². The molecule has 5 nitrogen and oxygen atoms in total. The topological polar surface area (TPSA) is 75.3 Å². The highest BCUT2D eigenvalue weighted by Crippen LogP contribution is 2.12. The Balaban J connectivity index is 1.85. The highest BCUT2D eigenvalue weighted by molar-refractivity contribution is 7.89. The Morgan fingerprint density at radius 3 is 2.52 bits per heavy atom. The van der Waals surface area contributed by atoms with E-state index in [0.717, 1.165) is 11.1 Å². The Hall–Kier alpha value is -2.15. The summed E-state index contributed by atoms with van der Waals surface area (Å²) >= 11 is 5.91. The van der Waals surface area contributed by atoms with Gasteiger partial charge in [-0.1, -0.05) is 35.9 Å². The molecule has 0 aliphatic heterocycles. The largest absolute Gasteiger partial charge is 0.352 e. The summed E-state index contributed by atoms with van der Waals surface area (Å²) in [5, 5.41) is 3.46. The fraction of sp³-hybridized carbons (Fsp3) is 0.167. The number of carbonyl (C=O) groups is 1. The molecule has 0 fully saturated rings. The molecule has 0 aromatic heterocycles. The fourth-order valence-electron chi connectivity index (χ4n) is 2.13. The molecule has 1 amide bonds. The Bertz CT molecular complexity index is 862. The minimum atomic E-state index is -3.45. The molecule has 2 N–H and O–H groups in total. The summed E-state index contributed by atoms with van der Waals surface area (Å²) in [6, 6.07) is 13.8. The van der Waals surface area contributed by atoms with Crippen molar-refractivity contribution in [2.24, 2.45) is 0 Å². The van der Waals surface area contributed by atoms with Crippen molar-refractivity contribution >= 4 is 33.6 Å². The van der Waals surface area contributed by atoms with Crippen LogP contribution in [0.15, 0.2) is 59.5 Å². The molecular weight excluding hydrogens is 360 g/mol. The molecule has 0 radical (unpaired) electrons. The predicted octanol–water partition coefficient (Wildman–Crippen LogP) is 2.62. The SMILES string of the molecule is CNS(=O)(=O)c1ccc(/C=C/C(=O)NCCc2cccc(Cl)c2)cc1. The lowest BCUT2D eigenvalue weighted by molar-refractivity contribution is -0.116. The van der Waals surface area contributed by atoms with Crippen LogP contribution in [0.4, 0.5) is 0 Å². The third-order valence-electron chi connectivity index (χ3n) is 3.49. The average Bonchev–Trinajstić information content (AvgIpc) is 2.60. The van der Waals surface area contributed by atoms with E-state index in [1.807, 2.05) is 18.2 Å². The highest BCUT2D eigenvalue weighted by Gasteiger charge is 2.09. The lowest BCUT2D eigenvalue weighted by Gasteiger charge is -2.04.